The second-order valence-electron chi connectivity index (χ2n) is 7.82. The van der Waals surface area contributed by atoms with Gasteiger partial charge in [-0.05, 0) is 74.0 Å². The molecule has 35 heavy (non-hydrogen) atoms. The van der Waals surface area contributed by atoms with Crippen molar-refractivity contribution in [3.05, 3.63) is 90.0 Å². The summed E-state index contributed by atoms with van der Waals surface area (Å²) in [4.78, 5) is 24.8. The number of hydrogen-bond acceptors (Lipinski definition) is 5. The standard InChI is InChI=1S/C26H27N3O5S/c1-18-4-15-24(16-5-18)35(32,33)29-22-11-9-21(10-12-22)28-26(31)19(2)27-25(30)17-8-20-6-13-23(34-3)14-7-20/h4-17,19,29H,1-3H3,(H,27,30)(H,28,31)/b17-8+. The first-order chi connectivity index (χ1) is 16.7. The molecule has 8 nitrogen and oxygen atoms in total. The molecule has 0 radical (unpaired) electrons. The molecule has 2 amide bonds. The fourth-order valence-corrected chi connectivity index (χ4v) is 4.08. The second kappa shape index (κ2) is 11.3. The molecule has 1 unspecified atom stereocenters. The molecule has 3 N–H and O–H groups in total. The quantitative estimate of drug-likeness (QED) is 0.391. The van der Waals surface area contributed by atoms with Gasteiger partial charge in [-0.3, -0.25) is 14.3 Å². The topological polar surface area (TPSA) is 114 Å². The molecule has 1 atom stereocenters. The third-order valence-corrected chi connectivity index (χ3v) is 6.43. The summed E-state index contributed by atoms with van der Waals surface area (Å²) in [6.07, 6.45) is 2.98. The van der Waals surface area contributed by atoms with E-state index in [2.05, 4.69) is 15.4 Å². The summed E-state index contributed by atoms with van der Waals surface area (Å²) < 4.78 is 32.6. The van der Waals surface area contributed by atoms with Crippen LogP contribution < -0.4 is 20.1 Å². The molecule has 0 aliphatic heterocycles. The number of aryl methyl sites for hydroxylation is 1. The van der Waals surface area contributed by atoms with Crippen LogP contribution in [-0.2, 0) is 19.6 Å². The summed E-state index contributed by atoms with van der Waals surface area (Å²) in [7, 11) is -2.14. The Morgan fingerprint density at radius 1 is 0.886 bits per heavy atom. The fraction of sp³-hybridized carbons (Fsp3) is 0.154. The van der Waals surface area contributed by atoms with Crippen LogP contribution in [0.5, 0.6) is 5.75 Å². The monoisotopic (exact) mass is 493 g/mol. The number of amides is 2. The van der Waals surface area contributed by atoms with Crippen molar-refractivity contribution in [1.29, 1.82) is 0 Å². The van der Waals surface area contributed by atoms with Crippen LogP contribution in [0.25, 0.3) is 6.08 Å². The van der Waals surface area contributed by atoms with Gasteiger partial charge in [-0.1, -0.05) is 29.8 Å². The number of rotatable bonds is 9. The van der Waals surface area contributed by atoms with E-state index in [1.54, 1.807) is 68.6 Å². The molecule has 0 saturated heterocycles. The molecule has 3 aromatic rings. The Morgan fingerprint density at radius 3 is 2.09 bits per heavy atom. The molecule has 0 spiro atoms. The third kappa shape index (κ3) is 7.44. The van der Waals surface area contributed by atoms with Gasteiger partial charge in [-0.15, -0.1) is 0 Å². The van der Waals surface area contributed by atoms with Crippen LogP contribution in [0.1, 0.15) is 18.1 Å². The fourth-order valence-electron chi connectivity index (χ4n) is 3.02. The van der Waals surface area contributed by atoms with E-state index in [-0.39, 0.29) is 4.90 Å². The highest BCUT2D eigenvalue weighted by Crippen LogP contribution is 2.19. The molecule has 0 fully saturated rings. The number of nitrogens with one attached hydrogen (secondary N) is 3. The zero-order chi connectivity index (χ0) is 25.4. The number of benzene rings is 3. The Bertz CT molecular complexity index is 1300. The maximum Gasteiger partial charge on any atom is 0.261 e. The Labute approximate surface area is 205 Å². The predicted octanol–water partition coefficient (Wildman–Crippen LogP) is 3.96. The van der Waals surface area contributed by atoms with Crippen LogP contribution in [0, 0.1) is 6.92 Å². The molecular formula is C26H27N3O5S. The molecule has 0 heterocycles. The summed E-state index contributed by atoms with van der Waals surface area (Å²) in [5.74, 6) is -0.109. The molecule has 0 aliphatic carbocycles. The largest absolute Gasteiger partial charge is 0.497 e. The van der Waals surface area contributed by atoms with Crippen LogP contribution in [0.2, 0.25) is 0 Å². The van der Waals surface area contributed by atoms with Gasteiger partial charge in [0.1, 0.15) is 11.8 Å². The summed E-state index contributed by atoms with van der Waals surface area (Å²) in [5.41, 5.74) is 2.59. The average molecular weight is 494 g/mol. The van der Waals surface area contributed by atoms with Crippen molar-refractivity contribution in [3.8, 4) is 5.75 Å². The van der Waals surface area contributed by atoms with Gasteiger partial charge < -0.3 is 15.4 Å². The molecule has 9 heteroatoms. The lowest BCUT2D eigenvalue weighted by Gasteiger charge is -2.14. The zero-order valence-electron chi connectivity index (χ0n) is 19.6. The first-order valence-corrected chi connectivity index (χ1v) is 12.3. The number of methoxy groups -OCH3 is 1. The highest BCUT2D eigenvalue weighted by Gasteiger charge is 2.16. The van der Waals surface area contributed by atoms with Crippen LogP contribution in [-0.4, -0.2) is 33.4 Å². The average Bonchev–Trinajstić information content (AvgIpc) is 2.84. The minimum atomic E-state index is -3.72. The number of sulfonamides is 1. The van der Waals surface area contributed by atoms with Gasteiger partial charge in [-0.25, -0.2) is 8.42 Å². The molecule has 0 bridgehead atoms. The van der Waals surface area contributed by atoms with E-state index in [1.165, 1.54) is 18.2 Å². The summed E-state index contributed by atoms with van der Waals surface area (Å²) >= 11 is 0. The van der Waals surface area contributed by atoms with E-state index in [1.807, 2.05) is 19.1 Å². The highest BCUT2D eigenvalue weighted by atomic mass is 32.2. The minimum absolute atomic E-state index is 0.158. The Kier molecular flexibility index (Phi) is 8.27. The molecule has 0 aliphatic rings. The number of carbonyl (C=O) groups is 2. The van der Waals surface area contributed by atoms with Gasteiger partial charge in [0, 0.05) is 17.5 Å². The molecule has 3 aromatic carbocycles. The normalized spacial score (nSPS) is 12.1. The molecule has 3 rings (SSSR count). The Balaban J connectivity index is 1.52. The van der Waals surface area contributed by atoms with Crippen LogP contribution in [0.15, 0.2) is 83.8 Å². The SMILES string of the molecule is COc1ccc(/C=C/C(=O)NC(C)C(=O)Nc2ccc(NS(=O)(=O)c3ccc(C)cc3)cc2)cc1. The molecule has 0 saturated carbocycles. The first-order valence-electron chi connectivity index (χ1n) is 10.8. The van der Waals surface area contributed by atoms with Gasteiger partial charge in [-0.2, -0.15) is 0 Å². The van der Waals surface area contributed by atoms with Gasteiger partial charge >= 0.3 is 0 Å². The van der Waals surface area contributed by atoms with Crippen molar-refractivity contribution < 1.29 is 22.7 Å². The number of carbonyl (C=O) groups excluding carboxylic acids is 2. The Morgan fingerprint density at radius 2 is 1.49 bits per heavy atom. The second-order valence-corrected chi connectivity index (χ2v) is 9.50. The molecule has 182 valence electrons. The van der Waals surface area contributed by atoms with Crippen molar-refractivity contribution in [2.24, 2.45) is 0 Å². The van der Waals surface area contributed by atoms with Crippen LogP contribution >= 0.6 is 0 Å². The van der Waals surface area contributed by atoms with Gasteiger partial charge in [0.05, 0.1) is 12.0 Å². The lowest BCUT2D eigenvalue weighted by Crippen LogP contribution is -2.40. The van der Waals surface area contributed by atoms with Crippen LogP contribution in [0.4, 0.5) is 11.4 Å². The van der Waals surface area contributed by atoms with Crippen molar-refractivity contribution >= 4 is 39.3 Å². The molecular weight excluding hydrogens is 466 g/mol. The van der Waals surface area contributed by atoms with Crippen molar-refractivity contribution in [2.45, 2.75) is 24.8 Å². The predicted molar refractivity (Wildman–Crippen MR) is 137 cm³/mol. The number of anilines is 2. The van der Waals surface area contributed by atoms with E-state index < -0.39 is 27.9 Å². The smallest absolute Gasteiger partial charge is 0.261 e. The lowest BCUT2D eigenvalue weighted by atomic mass is 10.2. The number of ether oxygens (including phenoxy) is 1. The number of hydrogen-bond donors (Lipinski definition) is 3. The summed E-state index contributed by atoms with van der Waals surface area (Å²) in [6, 6.07) is 19.1. The lowest BCUT2D eigenvalue weighted by molar-refractivity contribution is -0.123. The van der Waals surface area contributed by atoms with Crippen molar-refractivity contribution in [1.82, 2.24) is 5.32 Å². The van der Waals surface area contributed by atoms with E-state index in [4.69, 9.17) is 4.74 Å². The van der Waals surface area contributed by atoms with Crippen molar-refractivity contribution in [3.63, 3.8) is 0 Å². The van der Waals surface area contributed by atoms with Crippen LogP contribution in [0.3, 0.4) is 0 Å². The van der Waals surface area contributed by atoms with E-state index >= 15 is 0 Å². The highest BCUT2D eigenvalue weighted by molar-refractivity contribution is 7.92. The maximum atomic E-state index is 12.5. The summed E-state index contributed by atoms with van der Waals surface area (Å²) in [6.45, 7) is 3.45. The van der Waals surface area contributed by atoms with Gasteiger partial charge in [0.15, 0.2) is 0 Å². The first kappa shape index (κ1) is 25.5. The molecule has 0 aromatic heterocycles. The zero-order valence-corrected chi connectivity index (χ0v) is 20.4. The third-order valence-electron chi connectivity index (χ3n) is 5.03. The van der Waals surface area contributed by atoms with Gasteiger partial charge in [0.2, 0.25) is 11.8 Å². The Hall–Kier alpha value is -4.11. The van der Waals surface area contributed by atoms with E-state index in [9.17, 15) is 18.0 Å². The maximum absolute atomic E-state index is 12.5. The summed E-state index contributed by atoms with van der Waals surface area (Å²) in [5, 5.41) is 5.30. The van der Waals surface area contributed by atoms with E-state index in [0.29, 0.717) is 17.1 Å². The van der Waals surface area contributed by atoms with Crippen molar-refractivity contribution in [2.75, 3.05) is 17.1 Å². The van der Waals surface area contributed by atoms with E-state index in [0.717, 1.165) is 11.1 Å². The van der Waals surface area contributed by atoms with Gasteiger partial charge in [0.25, 0.3) is 10.0 Å². The minimum Gasteiger partial charge on any atom is -0.497 e.